The first kappa shape index (κ1) is 17.3. The van der Waals surface area contributed by atoms with Crippen molar-refractivity contribution >= 4 is 22.6 Å². The molecule has 2 N–H and O–H groups in total. The van der Waals surface area contributed by atoms with Crippen LogP contribution in [0.4, 0.5) is 5.69 Å². The highest BCUT2D eigenvalue weighted by atomic mass is 16.4. The van der Waals surface area contributed by atoms with Gasteiger partial charge in [-0.2, -0.15) is 0 Å². The van der Waals surface area contributed by atoms with Crippen molar-refractivity contribution < 1.29 is 9.90 Å². The number of nitrogens with one attached hydrogen (secondary N) is 1. The fourth-order valence-electron chi connectivity index (χ4n) is 3.88. The normalized spacial score (nSPS) is 16.7. The van der Waals surface area contributed by atoms with Crippen molar-refractivity contribution in [1.82, 2.24) is 9.97 Å². The summed E-state index contributed by atoms with van der Waals surface area (Å²) < 4.78 is 0. The molecule has 1 atom stereocenters. The van der Waals surface area contributed by atoms with Crippen LogP contribution in [-0.2, 0) is 6.42 Å². The highest BCUT2D eigenvalue weighted by molar-refractivity contribution is 5.93. The van der Waals surface area contributed by atoms with E-state index in [-0.39, 0.29) is 5.56 Å². The molecule has 6 heteroatoms. The van der Waals surface area contributed by atoms with E-state index in [1.807, 2.05) is 30.5 Å². The quantitative estimate of drug-likeness (QED) is 0.727. The van der Waals surface area contributed by atoms with Gasteiger partial charge in [0.15, 0.2) is 0 Å². The van der Waals surface area contributed by atoms with Crippen molar-refractivity contribution in [2.75, 3.05) is 11.4 Å². The number of hydrogen-bond acceptors (Lipinski definition) is 4. The maximum absolute atomic E-state index is 12.3. The molecule has 1 saturated heterocycles. The number of aromatic carboxylic acids is 1. The summed E-state index contributed by atoms with van der Waals surface area (Å²) in [6.07, 6.45) is 7.35. The van der Waals surface area contributed by atoms with Crippen molar-refractivity contribution in [1.29, 1.82) is 0 Å². The Hall–Kier alpha value is -3.15. The van der Waals surface area contributed by atoms with E-state index >= 15 is 0 Å². The molecular weight excluding hydrogens is 342 g/mol. The Labute approximate surface area is 156 Å². The lowest BCUT2D eigenvalue weighted by Gasteiger charge is -2.27. The summed E-state index contributed by atoms with van der Waals surface area (Å²) in [4.78, 5) is 33.2. The molecule has 0 radical (unpaired) electrons. The first-order chi connectivity index (χ1) is 13.1. The van der Waals surface area contributed by atoms with E-state index < -0.39 is 11.4 Å². The number of nitrogens with zero attached hydrogens (tertiary/aromatic N) is 2. The van der Waals surface area contributed by atoms with Gasteiger partial charge in [-0.1, -0.05) is 6.07 Å². The molecule has 138 valence electrons. The Balaban J connectivity index is 1.58. The number of benzene rings is 1. The van der Waals surface area contributed by atoms with E-state index in [0.717, 1.165) is 43.6 Å². The Morgan fingerprint density at radius 3 is 2.96 bits per heavy atom. The van der Waals surface area contributed by atoms with Gasteiger partial charge in [-0.3, -0.25) is 9.78 Å². The second-order valence-corrected chi connectivity index (χ2v) is 6.92. The highest BCUT2D eigenvalue weighted by Gasteiger charge is 2.25. The minimum atomic E-state index is -1.21. The predicted octanol–water partition coefficient (Wildman–Crippen LogP) is 3.22. The van der Waals surface area contributed by atoms with Gasteiger partial charge in [0.05, 0.1) is 5.52 Å². The van der Waals surface area contributed by atoms with Crippen LogP contribution in [0.5, 0.6) is 0 Å². The molecule has 1 unspecified atom stereocenters. The Kier molecular flexibility index (Phi) is 4.62. The molecule has 1 aliphatic heterocycles. The number of aromatic amines is 1. The van der Waals surface area contributed by atoms with Crippen molar-refractivity contribution in [3.05, 3.63) is 70.3 Å². The van der Waals surface area contributed by atoms with Crippen molar-refractivity contribution in [3.8, 4) is 0 Å². The topological polar surface area (TPSA) is 86.3 Å². The summed E-state index contributed by atoms with van der Waals surface area (Å²) in [5.74, 6) is -1.21. The van der Waals surface area contributed by atoms with Crippen LogP contribution in [0.1, 0.15) is 35.3 Å². The van der Waals surface area contributed by atoms with Crippen LogP contribution in [0.25, 0.3) is 10.9 Å². The van der Waals surface area contributed by atoms with Gasteiger partial charge in [0.1, 0.15) is 5.56 Å². The lowest BCUT2D eigenvalue weighted by Crippen LogP contribution is -2.29. The molecule has 1 aliphatic rings. The van der Waals surface area contributed by atoms with Crippen LogP contribution in [-0.4, -0.2) is 33.6 Å². The molecular formula is C21H21N3O3. The minimum absolute atomic E-state index is 0.232. The monoisotopic (exact) mass is 363 g/mol. The van der Waals surface area contributed by atoms with Crippen molar-refractivity contribution in [2.24, 2.45) is 0 Å². The predicted molar refractivity (Wildman–Crippen MR) is 104 cm³/mol. The number of carbonyl (C=O) groups is 1. The summed E-state index contributed by atoms with van der Waals surface area (Å²) in [7, 11) is 0. The van der Waals surface area contributed by atoms with Gasteiger partial charge >= 0.3 is 5.97 Å². The molecule has 0 bridgehead atoms. The van der Waals surface area contributed by atoms with Crippen LogP contribution >= 0.6 is 0 Å². The molecule has 1 aromatic carbocycles. The zero-order valence-electron chi connectivity index (χ0n) is 14.9. The second-order valence-electron chi connectivity index (χ2n) is 6.92. The summed E-state index contributed by atoms with van der Waals surface area (Å²) in [6.45, 7) is 0.982. The summed E-state index contributed by atoms with van der Waals surface area (Å²) in [5, 5.41) is 9.51. The Morgan fingerprint density at radius 1 is 1.30 bits per heavy atom. The van der Waals surface area contributed by atoms with Crippen LogP contribution in [0.15, 0.2) is 53.6 Å². The molecule has 4 rings (SSSR count). The third kappa shape index (κ3) is 3.43. The second kappa shape index (κ2) is 7.23. The number of rotatable bonds is 5. The molecule has 27 heavy (non-hydrogen) atoms. The molecule has 6 nitrogen and oxygen atoms in total. The maximum atomic E-state index is 12.3. The largest absolute Gasteiger partial charge is 0.477 e. The summed E-state index contributed by atoms with van der Waals surface area (Å²) >= 11 is 0. The number of pyridine rings is 2. The molecule has 0 spiro atoms. The lowest BCUT2D eigenvalue weighted by atomic mass is 10.1. The fraction of sp³-hybridized carbons (Fsp3) is 0.286. The zero-order valence-corrected chi connectivity index (χ0v) is 14.9. The fourth-order valence-corrected chi connectivity index (χ4v) is 3.88. The average Bonchev–Trinajstić information content (AvgIpc) is 3.15. The Bertz CT molecular complexity index is 1030. The maximum Gasteiger partial charge on any atom is 0.341 e. The number of H-pyrrole nitrogens is 1. The highest BCUT2D eigenvalue weighted by Crippen LogP contribution is 2.29. The number of aromatic nitrogens is 2. The van der Waals surface area contributed by atoms with Crippen molar-refractivity contribution in [2.45, 2.75) is 31.7 Å². The van der Waals surface area contributed by atoms with Crippen LogP contribution in [0, 0.1) is 0 Å². The van der Waals surface area contributed by atoms with E-state index in [1.165, 1.54) is 6.20 Å². The number of aryl methyl sites for hydroxylation is 1. The van der Waals surface area contributed by atoms with E-state index in [2.05, 4.69) is 20.9 Å². The number of hydrogen-bond donors (Lipinski definition) is 2. The van der Waals surface area contributed by atoms with E-state index in [1.54, 1.807) is 6.07 Å². The number of carboxylic acid groups (broad SMARTS) is 1. The molecule has 1 fully saturated rings. The van der Waals surface area contributed by atoms with Gasteiger partial charge in [0.25, 0.3) is 0 Å². The first-order valence-corrected chi connectivity index (χ1v) is 9.19. The smallest absolute Gasteiger partial charge is 0.341 e. The van der Waals surface area contributed by atoms with E-state index in [0.29, 0.717) is 16.9 Å². The Morgan fingerprint density at radius 2 is 2.19 bits per heavy atom. The summed E-state index contributed by atoms with van der Waals surface area (Å²) in [5.41, 5.74) is 2.15. The number of anilines is 1. The van der Waals surface area contributed by atoms with Gasteiger partial charge < -0.3 is 15.0 Å². The molecule has 3 heterocycles. The number of fused-ring (bicyclic) bond motifs is 1. The van der Waals surface area contributed by atoms with E-state index in [4.69, 9.17) is 5.11 Å². The average molecular weight is 363 g/mol. The molecule has 2 aromatic heterocycles. The first-order valence-electron chi connectivity index (χ1n) is 9.19. The van der Waals surface area contributed by atoms with Crippen LogP contribution in [0.3, 0.4) is 0 Å². The third-order valence-corrected chi connectivity index (χ3v) is 5.26. The molecule has 0 aliphatic carbocycles. The van der Waals surface area contributed by atoms with Gasteiger partial charge in [-0.05, 0) is 56.0 Å². The third-order valence-electron chi connectivity index (χ3n) is 5.26. The van der Waals surface area contributed by atoms with Gasteiger partial charge in [0.2, 0.25) is 5.43 Å². The number of carboxylic acids is 1. The summed E-state index contributed by atoms with van der Waals surface area (Å²) in [6, 6.07) is 12.0. The van der Waals surface area contributed by atoms with Crippen LogP contribution in [0.2, 0.25) is 0 Å². The molecule has 0 amide bonds. The molecule has 3 aromatic rings. The zero-order chi connectivity index (χ0) is 18.8. The van der Waals surface area contributed by atoms with Gasteiger partial charge in [-0.25, -0.2) is 4.79 Å². The van der Waals surface area contributed by atoms with Gasteiger partial charge in [-0.15, -0.1) is 0 Å². The lowest BCUT2D eigenvalue weighted by molar-refractivity contribution is 0.0695. The van der Waals surface area contributed by atoms with E-state index in [9.17, 15) is 9.59 Å². The standard InChI is InChI=1S/C21H21N3O3/c25-20-17-9-8-16(12-19(17)23-13-18(20)21(26)27)24-11-3-5-15(24)7-6-14-4-1-2-10-22-14/h1-2,4,8-10,12-13,15H,3,5-7,11H2,(H,23,25)(H,26,27). The SMILES string of the molecule is O=C(O)c1c[nH]c2cc(N3CCCC3CCc3ccccn3)ccc2c1=O. The van der Waals surface area contributed by atoms with Crippen LogP contribution < -0.4 is 10.3 Å². The molecule has 0 saturated carbocycles. The van der Waals surface area contributed by atoms with Crippen molar-refractivity contribution in [3.63, 3.8) is 0 Å². The van der Waals surface area contributed by atoms with Gasteiger partial charge in [0, 0.05) is 41.7 Å². The minimum Gasteiger partial charge on any atom is -0.477 e.